The number of hydrogen-bond donors (Lipinski definition) is 2. The highest BCUT2D eigenvalue weighted by Crippen LogP contribution is 2.21. The lowest BCUT2D eigenvalue weighted by Crippen LogP contribution is -2.47. The van der Waals surface area contributed by atoms with E-state index in [1.807, 2.05) is 26.8 Å². The van der Waals surface area contributed by atoms with Crippen molar-refractivity contribution in [2.24, 2.45) is 0 Å². The molecule has 0 bridgehead atoms. The number of H-pyrrole nitrogens is 1. The Morgan fingerprint density at radius 2 is 2.04 bits per heavy atom. The number of nitrogens with zero attached hydrogens (tertiary/aromatic N) is 2. The molecular formula is C18H23BrN4O3. The Labute approximate surface area is 160 Å². The number of amides is 2. The molecule has 0 aromatic carbocycles. The molecule has 3 heterocycles. The maximum absolute atomic E-state index is 12.6. The van der Waals surface area contributed by atoms with Gasteiger partial charge in [-0.15, -0.1) is 0 Å². The molecule has 1 saturated heterocycles. The first-order valence-corrected chi connectivity index (χ1v) is 9.43. The van der Waals surface area contributed by atoms with E-state index in [2.05, 4.69) is 31.2 Å². The third-order valence-electron chi connectivity index (χ3n) is 4.22. The molecule has 0 spiro atoms. The molecule has 26 heavy (non-hydrogen) atoms. The van der Waals surface area contributed by atoms with Gasteiger partial charge in [0.25, 0.3) is 5.91 Å². The zero-order chi connectivity index (χ0) is 18.9. The van der Waals surface area contributed by atoms with Crippen LogP contribution < -0.4 is 5.32 Å². The van der Waals surface area contributed by atoms with Gasteiger partial charge >= 0.3 is 6.09 Å². The summed E-state index contributed by atoms with van der Waals surface area (Å²) in [6.07, 6.45) is 4.47. The molecule has 2 N–H and O–H groups in total. The van der Waals surface area contributed by atoms with E-state index in [9.17, 15) is 9.59 Å². The molecule has 0 aliphatic carbocycles. The van der Waals surface area contributed by atoms with E-state index in [4.69, 9.17) is 4.74 Å². The smallest absolute Gasteiger partial charge is 0.410 e. The Hall–Kier alpha value is -2.09. The largest absolute Gasteiger partial charge is 0.444 e. The summed E-state index contributed by atoms with van der Waals surface area (Å²) in [5.74, 6) is -0.133. The second-order valence-corrected chi connectivity index (χ2v) is 8.38. The molecule has 140 valence electrons. The molecule has 1 aliphatic rings. The van der Waals surface area contributed by atoms with Gasteiger partial charge in [0.2, 0.25) is 0 Å². The van der Waals surface area contributed by atoms with Crippen LogP contribution in [0.15, 0.2) is 22.9 Å². The molecule has 2 amide bonds. The van der Waals surface area contributed by atoms with Crippen LogP contribution in [0.3, 0.4) is 0 Å². The normalized spacial score (nSPS) is 15.9. The average Bonchev–Trinajstić information content (AvgIpc) is 2.97. The van der Waals surface area contributed by atoms with E-state index in [1.54, 1.807) is 17.3 Å². The van der Waals surface area contributed by atoms with Crippen LogP contribution in [0.5, 0.6) is 0 Å². The second-order valence-electron chi connectivity index (χ2n) is 7.47. The van der Waals surface area contributed by atoms with Gasteiger partial charge in [-0.2, -0.15) is 0 Å². The van der Waals surface area contributed by atoms with Gasteiger partial charge in [-0.3, -0.25) is 4.79 Å². The lowest BCUT2D eigenvalue weighted by Gasteiger charge is -2.33. The number of hydrogen-bond acceptors (Lipinski definition) is 4. The molecule has 0 unspecified atom stereocenters. The standard InChI is InChI=1S/C18H23BrN4O3/c1-18(2,3)26-17(25)23-6-4-12(5-7-23)22-16(24)14-10-21-15-13(14)8-11(19)9-20-15/h8-10,12H,4-7H2,1-3H3,(H,20,21)(H,22,24). The molecule has 0 radical (unpaired) electrons. The summed E-state index contributed by atoms with van der Waals surface area (Å²) < 4.78 is 6.22. The minimum Gasteiger partial charge on any atom is -0.444 e. The number of rotatable bonds is 2. The van der Waals surface area contributed by atoms with Gasteiger partial charge < -0.3 is 19.9 Å². The fraction of sp³-hybridized carbons (Fsp3) is 0.500. The van der Waals surface area contributed by atoms with Crippen LogP contribution in [0.4, 0.5) is 4.79 Å². The number of halogens is 1. The van der Waals surface area contributed by atoms with Crippen LogP contribution in [-0.2, 0) is 4.74 Å². The van der Waals surface area contributed by atoms with Crippen molar-refractivity contribution in [1.82, 2.24) is 20.2 Å². The van der Waals surface area contributed by atoms with Crippen LogP contribution >= 0.6 is 15.9 Å². The molecule has 2 aromatic heterocycles. The number of aromatic amines is 1. The molecule has 0 saturated carbocycles. The highest BCUT2D eigenvalue weighted by atomic mass is 79.9. The third-order valence-corrected chi connectivity index (χ3v) is 4.66. The number of ether oxygens (including phenoxy) is 1. The lowest BCUT2D eigenvalue weighted by molar-refractivity contribution is 0.0200. The first kappa shape index (κ1) is 18.7. The van der Waals surface area contributed by atoms with E-state index in [-0.39, 0.29) is 18.0 Å². The van der Waals surface area contributed by atoms with Crippen molar-refractivity contribution in [2.75, 3.05) is 13.1 Å². The molecule has 1 fully saturated rings. The van der Waals surface area contributed by atoms with Crippen molar-refractivity contribution in [2.45, 2.75) is 45.3 Å². The first-order valence-electron chi connectivity index (χ1n) is 8.64. The minimum absolute atomic E-state index is 0.0336. The third kappa shape index (κ3) is 4.35. The van der Waals surface area contributed by atoms with Crippen molar-refractivity contribution in [3.05, 3.63) is 28.5 Å². The molecule has 3 rings (SSSR count). The van der Waals surface area contributed by atoms with E-state index < -0.39 is 5.60 Å². The van der Waals surface area contributed by atoms with Crippen LogP contribution in [0.1, 0.15) is 44.0 Å². The summed E-state index contributed by atoms with van der Waals surface area (Å²) >= 11 is 3.38. The van der Waals surface area contributed by atoms with Crippen molar-refractivity contribution in [3.63, 3.8) is 0 Å². The summed E-state index contributed by atoms with van der Waals surface area (Å²) in [6, 6.07) is 1.91. The van der Waals surface area contributed by atoms with Crippen LogP contribution in [0.2, 0.25) is 0 Å². The van der Waals surface area contributed by atoms with Crippen molar-refractivity contribution >= 4 is 39.0 Å². The van der Waals surface area contributed by atoms with Gasteiger partial charge in [-0.1, -0.05) is 0 Å². The molecule has 8 heteroatoms. The Morgan fingerprint density at radius 1 is 1.35 bits per heavy atom. The van der Waals surface area contributed by atoms with Crippen LogP contribution in [0, 0.1) is 0 Å². The van der Waals surface area contributed by atoms with Gasteiger partial charge in [-0.25, -0.2) is 9.78 Å². The van der Waals surface area contributed by atoms with Crippen molar-refractivity contribution < 1.29 is 14.3 Å². The number of fused-ring (bicyclic) bond motifs is 1. The molecule has 7 nitrogen and oxygen atoms in total. The van der Waals surface area contributed by atoms with E-state index >= 15 is 0 Å². The fourth-order valence-electron chi connectivity index (χ4n) is 2.96. The van der Waals surface area contributed by atoms with E-state index in [0.29, 0.717) is 37.1 Å². The summed E-state index contributed by atoms with van der Waals surface area (Å²) in [7, 11) is 0. The Balaban J connectivity index is 1.58. The monoisotopic (exact) mass is 422 g/mol. The number of likely N-dealkylation sites (tertiary alicyclic amines) is 1. The van der Waals surface area contributed by atoms with Gasteiger partial charge in [-0.05, 0) is 55.6 Å². The van der Waals surface area contributed by atoms with Crippen LogP contribution in [-0.4, -0.2) is 51.6 Å². The van der Waals surface area contributed by atoms with Gasteiger partial charge in [0.05, 0.1) is 5.56 Å². The lowest BCUT2D eigenvalue weighted by atomic mass is 10.0. The zero-order valence-electron chi connectivity index (χ0n) is 15.1. The number of pyridine rings is 1. The molecule has 0 atom stereocenters. The Kier molecular flexibility index (Phi) is 5.22. The van der Waals surface area contributed by atoms with E-state index in [1.165, 1.54) is 0 Å². The number of carbonyl (C=O) groups is 2. The van der Waals surface area contributed by atoms with Crippen molar-refractivity contribution in [1.29, 1.82) is 0 Å². The molecule has 2 aromatic rings. The quantitative estimate of drug-likeness (QED) is 0.775. The highest BCUT2D eigenvalue weighted by Gasteiger charge is 2.28. The SMILES string of the molecule is CC(C)(C)OC(=O)N1CCC(NC(=O)c2c[nH]c3ncc(Br)cc23)CC1. The number of aromatic nitrogens is 2. The van der Waals surface area contributed by atoms with Gasteiger partial charge in [0, 0.05) is 41.4 Å². The summed E-state index contributed by atoms with van der Waals surface area (Å²) in [6.45, 7) is 6.70. The molecule has 1 aliphatic heterocycles. The number of carbonyl (C=O) groups excluding carboxylic acids is 2. The predicted molar refractivity (Wildman–Crippen MR) is 102 cm³/mol. The topological polar surface area (TPSA) is 87.3 Å². The predicted octanol–water partition coefficient (Wildman–Crippen LogP) is 3.45. The Morgan fingerprint density at radius 3 is 2.69 bits per heavy atom. The van der Waals surface area contributed by atoms with Crippen LogP contribution in [0.25, 0.3) is 11.0 Å². The first-order chi connectivity index (χ1) is 12.2. The second kappa shape index (κ2) is 7.26. The Bertz CT molecular complexity index is 819. The van der Waals surface area contributed by atoms with Gasteiger partial charge in [0.15, 0.2) is 0 Å². The fourth-order valence-corrected chi connectivity index (χ4v) is 3.29. The number of piperidine rings is 1. The summed E-state index contributed by atoms with van der Waals surface area (Å²) in [4.78, 5) is 33.7. The number of nitrogens with one attached hydrogen (secondary N) is 2. The summed E-state index contributed by atoms with van der Waals surface area (Å²) in [5.41, 5.74) is 0.751. The maximum Gasteiger partial charge on any atom is 0.410 e. The average molecular weight is 423 g/mol. The maximum atomic E-state index is 12.6. The zero-order valence-corrected chi connectivity index (χ0v) is 16.7. The highest BCUT2D eigenvalue weighted by molar-refractivity contribution is 9.10. The summed E-state index contributed by atoms with van der Waals surface area (Å²) in [5, 5.41) is 3.84. The van der Waals surface area contributed by atoms with Gasteiger partial charge in [0.1, 0.15) is 11.2 Å². The van der Waals surface area contributed by atoms with Crippen molar-refractivity contribution in [3.8, 4) is 0 Å². The van der Waals surface area contributed by atoms with E-state index in [0.717, 1.165) is 9.86 Å². The minimum atomic E-state index is -0.500. The molecular weight excluding hydrogens is 400 g/mol.